The van der Waals surface area contributed by atoms with Crippen LogP contribution in [0.5, 0.6) is 5.75 Å². The Hall–Kier alpha value is -2.90. The van der Waals surface area contributed by atoms with Crippen LogP contribution in [-0.2, 0) is 16.1 Å². The molecule has 0 spiro atoms. The van der Waals surface area contributed by atoms with Crippen LogP contribution >= 0.6 is 0 Å². The molecular formula is C27H37N3O4. The summed E-state index contributed by atoms with van der Waals surface area (Å²) in [5, 5.41) is 2.85. The van der Waals surface area contributed by atoms with Crippen molar-refractivity contribution >= 4 is 17.5 Å². The highest BCUT2D eigenvalue weighted by molar-refractivity contribution is 5.98. The summed E-state index contributed by atoms with van der Waals surface area (Å²) in [6.45, 7) is 8.58. The van der Waals surface area contributed by atoms with Crippen molar-refractivity contribution in [3.63, 3.8) is 0 Å². The molecule has 0 aromatic heterocycles. The van der Waals surface area contributed by atoms with E-state index in [4.69, 9.17) is 9.47 Å². The number of hydrogen-bond acceptors (Lipinski definition) is 5. The average molecular weight is 468 g/mol. The number of amides is 2. The Morgan fingerprint density at radius 3 is 2.56 bits per heavy atom. The van der Waals surface area contributed by atoms with E-state index in [2.05, 4.69) is 48.3 Å². The van der Waals surface area contributed by atoms with Gasteiger partial charge in [0.2, 0.25) is 5.91 Å². The van der Waals surface area contributed by atoms with E-state index in [0.717, 1.165) is 13.1 Å². The van der Waals surface area contributed by atoms with E-state index in [-0.39, 0.29) is 29.9 Å². The molecular weight excluding hydrogens is 430 g/mol. The molecule has 34 heavy (non-hydrogen) atoms. The lowest BCUT2D eigenvalue weighted by atomic mass is 10.0. The number of hydrogen-bond donors (Lipinski definition) is 1. The molecule has 7 nitrogen and oxygen atoms in total. The zero-order valence-electron chi connectivity index (χ0n) is 20.9. The summed E-state index contributed by atoms with van der Waals surface area (Å²) in [5.41, 5.74) is 2.33. The molecule has 2 aromatic rings. The standard InChI is InChI=1S/C27H37N3O4/c1-6-26(31)28-22-12-13-23-24(14-22)34-18-20(3)30(16-21-10-8-7-9-11-21)15-19(2)25(33-5)17-29(4)27(23)32/h7-14,19-20,25H,6,15-18H2,1-5H3,(H,28,31)/t19-,20+,25-/m0/s1. The van der Waals surface area contributed by atoms with Crippen LogP contribution in [-0.4, -0.2) is 67.6 Å². The number of nitrogens with one attached hydrogen (secondary N) is 1. The third-order valence-electron chi connectivity index (χ3n) is 6.41. The minimum atomic E-state index is -0.132. The van der Waals surface area contributed by atoms with Gasteiger partial charge in [0.15, 0.2) is 0 Å². The lowest BCUT2D eigenvalue weighted by Crippen LogP contribution is -2.46. The van der Waals surface area contributed by atoms with Gasteiger partial charge < -0.3 is 19.7 Å². The Bertz CT molecular complexity index is 966. The van der Waals surface area contributed by atoms with Crippen molar-refractivity contribution in [3.8, 4) is 5.75 Å². The average Bonchev–Trinajstić information content (AvgIpc) is 2.84. The van der Waals surface area contributed by atoms with E-state index in [0.29, 0.717) is 36.6 Å². The van der Waals surface area contributed by atoms with Gasteiger partial charge in [0.1, 0.15) is 12.4 Å². The smallest absolute Gasteiger partial charge is 0.257 e. The summed E-state index contributed by atoms with van der Waals surface area (Å²) in [5.74, 6) is 0.458. The summed E-state index contributed by atoms with van der Waals surface area (Å²) < 4.78 is 12.1. The van der Waals surface area contributed by atoms with Gasteiger partial charge in [-0.15, -0.1) is 0 Å². The van der Waals surface area contributed by atoms with Gasteiger partial charge in [-0.3, -0.25) is 14.5 Å². The topological polar surface area (TPSA) is 71.1 Å². The molecule has 1 heterocycles. The van der Waals surface area contributed by atoms with Crippen molar-refractivity contribution in [3.05, 3.63) is 59.7 Å². The second-order valence-electron chi connectivity index (χ2n) is 9.12. The van der Waals surface area contributed by atoms with Gasteiger partial charge in [-0.25, -0.2) is 0 Å². The molecule has 0 saturated heterocycles. The first kappa shape index (κ1) is 25.7. The number of rotatable bonds is 5. The summed E-state index contributed by atoms with van der Waals surface area (Å²) in [7, 11) is 3.49. The number of nitrogens with zero attached hydrogens (tertiary/aromatic N) is 2. The molecule has 0 unspecified atom stereocenters. The second-order valence-corrected chi connectivity index (χ2v) is 9.12. The predicted octanol–water partition coefficient (Wildman–Crippen LogP) is 4.04. The number of fused-ring (bicyclic) bond motifs is 1. The van der Waals surface area contributed by atoms with Crippen LogP contribution in [0.3, 0.4) is 0 Å². The van der Waals surface area contributed by atoms with Crippen LogP contribution in [0.4, 0.5) is 5.69 Å². The van der Waals surface area contributed by atoms with Crippen molar-refractivity contribution in [2.24, 2.45) is 5.92 Å². The molecule has 0 fully saturated rings. The summed E-state index contributed by atoms with van der Waals surface area (Å²) in [6, 6.07) is 15.7. The number of carbonyl (C=O) groups excluding carboxylic acids is 2. The van der Waals surface area contributed by atoms with Crippen LogP contribution in [0.2, 0.25) is 0 Å². The lowest BCUT2D eigenvalue weighted by Gasteiger charge is -2.36. The zero-order valence-corrected chi connectivity index (χ0v) is 20.9. The molecule has 7 heteroatoms. The molecule has 1 N–H and O–H groups in total. The highest BCUT2D eigenvalue weighted by Crippen LogP contribution is 2.27. The molecule has 1 aliphatic heterocycles. The van der Waals surface area contributed by atoms with E-state index in [1.807, 2.05) is 6.07 Å². The summed E-state index contributed by atoms with van der Waals surface area (Å²) >= 11 is 0. The van der Waals surface area contributed by atoms with Crippen molar-refractivity contribution in [1.82, 2.24) is 9.80 Å². The fraction of sp³-hybridized carbons (Fsp3) is 0.481. The first-order chi connectivity index (χ1) is 16.3. The van der Waals surface area contributed by atoms with Crippen molar-refractivity contribution in [2.45, 2.75) is 45.9 Å². The third-order valence-corrected chi connectivity index (χ3v) is 6.41. The van der Waals surface area contributed by atoms with Gasteiger partial charge in [-0.05, 0) is 30.5 Å². The second kappa shape index (κ2) is 12.0. The van der Waals surface area contributed by atoms with E-state index in [9.17, 15) is 9.59 Å². The van der Waals surface area contributed by atoms with Gasteiger partial charge in [0.05, 0.1) is 11.7 Å². The molecule has 0 saturated carbocycles. The maximum atomic E-state index is 13.3. The largest absolute Gasteiger partial charge is 0.491 e. The molecule has 0 bridgehead atoms. The van der Waals surface area contributed by atoms with Gasteiger partial charge in [-0.2, -0.15) is 0 Å². The number of anilines is 1. The number of benzene rings is 2. The molecule has 2 aromatic carbocycles. The number of likely N-dealkylation sites (N-methyl/N-ethyl adjacent to an activating group) is 1. The maximum Gasteiger partial charge on any atom is 0.257 e. The minimum Gasteiger partial charge on any atom is -0.491 e. The molecule has 3 atom stereocenters. The highest BCUT2D eigenvalue weighted by Gasteiger charge is 2.28. The SMILES string of the molecule is CCC(=O)Nc1ccc2c(c1)OC[C@@H](C)N(Cc1ccccc1)C[C@H](C)[C@@H](OC)CN(C)C2=O. The molecule has 0 radical (unpaired) electrons. The van der Waals surface area contributed by atoms with Crippen molar-refractivity contribution in [2.75, 3.05) is 39.2 Å². The Morgan fingerprint density at radius 2 is 1.88 bits per heavy atom. The van der Waals surface area contributed by atoms with E-state index < -0.39 is 0 Å². The lowest BCUT2D eigenvalue weighted by molar-refractivity contribution is -0.115. The normalized spacial score (nSPS) is 22.2. The van der Waals surface area contributed by atoms with Gasteiger partial charge in [0.25, 0.3) is 5.91 Å². The highest BCUT2D eigenvalue weighted by atomic mass is 16.5. The maximum absolute atomic E-state index is 13.3. The third kappa shape index (κ3) is 6.58. The number of ether oxygens (including phenoxy) is 2. The molecule has 2 amide bonds. The van der Waals surface area contributed by atoms with Crippen LogP contribution < -0.4 is 10.1 Å². The summed E-state index contributed by atoms with van der Waals surface area (Å²) in [6.07, 6.45) is 0.271. The Morgan fingerprint density at radius 1 is 1.15 bits per heavy atom. The van der Waals surface area contributed by atoms with Crippen molar-refractivity contribution in [1.29, 1.82) is 0 Å². The summed E-state index contributed by atoms with van der Waals surface area (Å²) in [4.78, 5) is 29.3. The van der Waals surface area contributed by atoms with Gasteiger partial charge in [-0.1, -0.05) is 44.2 Å². The first-order valence-electron chi connectivity index (χ1n) is 11.9. The predicted molar refractivity (Wildman–Crippen MR) is 134 cm³/mol. The molecule has 3 rings (SSSR count). The molecule has 0 aliphatic carbocycles. The fourth-order valence-electron chi connectivity index (χ4n) is 4.21. The molecule has 184 valence electrons. The van der Waals surface area contributed by atoms with Crippen LogP contribution in [0.1, 0.15) is 43.1 Å². The van der Waals surface area contributed by atoms with Crippen LogP contribution in [0, 0.1) is 5.92 Å². The van der Waals surface area contributed by atoms with Crippen molar-refractivity contribution < 1.29 is 19.1 Å². The quantitative estimate of drug-likeness (QED) is 0.719. The number of methoxy groups -OCH3 is 1. The fourth-order valence-corrected chi connectivity index (χ4v) is 4.21. The molecule has 1 aliphatic rings. The Labute approximate surface area is 203 Å². The Balaban J connectivity index is 1.94. The van der Waals surface area contributed by atoms with Crippen LogP contribution in [0.15, 0.2) is 48.5 Å². The van der Waals surface area contributed by atoms with E-state index >= 15 is 0 Å². The van der Waals surface area contributed by atoms with Crippen LogP contribution in [0.25, 0.3) is 0 Å². The van der Waals surface area contributed by atoms with E-state index in [1.165, 1.54) is 5.56 Å². The van der Waals surface area contributed by atoms with Gasteiger partial charge >= 0.3 is 0 Å². The van der Waals surface area contributed by atoms with Gasteiger partial charge in [0, 0.05) is 58.0 Å². The number of carbonyl (C=O) groups is 2. The monoisotopic (exact) mass is 467 g/mol. The van der Waals surface area contributed by atoms with E-state index in [1.54, 1.807) is 44.2 Å². The minimum absolute atomic E-state index is 0.0872. The zero-order chi connectivity index (χ0) is 24.7. The Kier molecular flexibility index (Phi) is 9.07. The first-order valence-corrected chi connectivity index (χ1v) is 11.9.